The molecule has 0 saturated carbocycles. The van der Waals surface area contributed by atoms with E-state index in [1.165, 1.54) is 31.4 Å². The number of carbonyl (C=O) groups excluding carboxylic acids is 1. The lowest BCUT2D eigenvalue weighted by molar-refractivity contribution is -0.384. The highest BCUT2D eigenvalue weighted by Gasteiger charge is 2.27. The summed E-state index contributed by atoms with van der Waals surface area (Å²) in [7, 11) is 1.50. The van der Waals surface area contributed by atoms with Gasteiger partial charge in [0, 0.05) is 12.1 Å². The zero-order chi connectivity index (χ0) is 26.0. The Hall–Kier alpha value is -2.86. The number of ether oxygens (including phenoxy) is 3. The molecule has 0 amide bonds. The lowest BCUT2D eigenvalue weighted by atomic mass is 10.1. The Bertz CT molecular complexity index is 1460. The lowest BCUT2D eigenvalue weighted by Gasteiger charge is -2.14. The smallest absolute Gasteiger partial charge is 0.363 e. The minimum Gasteiger partial charge on any atom is -0.493 e. The lowest BCUT2D eigenvalue weighted by Crippen LogP contribution is -2.06. The minimum absolute atomic E-state index is 0.00472. The number of cyclic esters (lactones) is 1. The van der Waals surface area contributed by atoms with Gasteiger partial charge in [-0.15, -0.1) is 0 Å². The molecule has 0 aromatic heterocycles. The predicted octanol–water partition coefficient (Wildman–Crippen LogP) is 7.09. The Balaban J connectivity index is 1.61. The third kappa shape index (κ3) is 5.75. The number of esters is 1. The van der Waals surface area contributed by atoms with Crippen LogP contribution in [0.15, 0.2) is 59.2 Å². The van der Waals surface area contributed by atoms with E-state index in [4.69, 9.17) is 49.0 Å². The molecule has 0 radical (unpaired) electrons. The number of hydrogen-bond acceptors (Lipinski definition) is 7. The Morgan fingerprint density at radius 1 is 1.08 bits per heavy atom. The van der Waals surface area contributed by atoms with Crippen LogP contribution in [0.25, 0.3) is 6.08 Å². The van der Waals surface area contributed by atoms with Crippen LogP contribution in [0.3, 0.4) is 0 Å². The van der Waals surface area contributed by atoms with Crippen LogP contribution >= 0.6 is 57.4 Å². The number of non-ortho nitro benzene ring substituents is 1. The van der Waals surface area contributed by atoms with Gasteiger partial charge in [0.1, 0.15) is 6.61 Å². The number of aliphatic imine (C=N–C) groups is 1. The van der Waals surface area contributed by atoms with Crippen LogP contribution in [0, 0.1) is 13.7 Å². The average Bonchev–Trinajstić information content (AvgIpc) is 3.20. The van der Waals surface area contributed by atoms with E-state index in [2.05, 4.69) is 27.6 Å². The molecule has 0 saturated heterocycles. The highest BCUT2D eigenvalue weighted by Crippen LogP contribution is 2.36. The SMILES string of the molecule is COc1cc(/C=C2\N=C(c3cc([N+](=O)[O-])ccc3Cl)OC2=O)cc(I)c1OCc1ccc(Cl)c(Cl)c1. The highest BCUT2D eigenvalue weighted by molar-refractivity contribution is 14.1. The zero-order valence-corrected chi connectivity index (χ0v) is 22.7. The van der Waals surface area contributed by atoms with Gasteiger partial charge in [0.15, 0.2) is 17.2 Å². The van der Waals surface area contributed by atoms with Crippen LogP contribution in [-0.4, -0.2) is 23.9 Å². The molecule has 0 unspecified atom stereocenters. The Kier molecular flexibility index (Phi) is 8.04. The first-order valence-electron chi connectivity index (χ1n) is 10.1. The molecule has 12 heteroatoms. The molecule has 0 aliphatic carbocycles. The highest BCUT2D eigenvalue weighted by atomic mass is 127. The second-order valence-corrected chi connectivity index (χ2v) is 9.71. The van der Waals surface area contributed by atoms with Crippen molar-refractivity contribution in [1.29, 1.82) is 0 Å². The van der Waals surface area contributed by atoms with Gasteiger partial charge in [0.05, 0.1) is 36.2 Å². The molecule has 3 aromatic carbocycles. The van der Waals surface area contributed by atoms with E-state index in [0.29, 0.717) is 27.1 Å². The minimum atomic E-state index is -0.721. The van der Waals surface area contributed by atoms with E-state index < -0.39 is 10.9 Å². The number of halogens is 4. The topological polar surface area (TPSA) is 100 Å². The fourth-order valence-corrected chi connectivity index (χ4v) is 4.52. The molecular formula is C24H14Cl3IN2O6. The van der Waals surface area contributed by atoms with Gasteiger partial charge in [-0.25, -0.2) is 9.79 Å². The van der Waals surface area contributed by atoms with E-state index >= 15 is 0 Å². The van der Waals surface area contributed by atoms with Crippen molar-refractivity contribution in [2.24, 2.45) is 4.99 Å². The van der Waals surface area contributed by atoms with Crippen molar-refractivity contribution >= 4 is 81.0 Å². The monoisotopic (exact) mass is 658 g/mol. The molecule has 184 valence electrons. The fourth-order valence-electron chi connectivity index (χ4n) is 3.22. The second kappa shape index (κ2) is 11.0. The number of methoxy groups -OCH3 is 1. The maximum absolute atomic E-state index is 12.4. The van der Waals surface area contributed by atoms with Crippen molar-refractivity contribution in [1.82, 2.24) is 0 Å². The van der Waals surface area contributed by atoms with Gasteiger partial charge in [-0.05, 0) is 70.1 Å². The molecule has 4 rings (SSSR count). The van der Waals surface area contributed by atoms with Gasteiger partial charge in [0.2, 0.25) is 5.90 Å². The number of nitro benzene ring substituents is 1. The fraction of sp³-hybridized carbons (Fsp3) is 0.0833. The molecule has 1 heterocycles. The van der Waals surface area contributed by atoms with Crippen molar-refractivity contribution in [3.8, 4) is 11.5 Å². The molecule has 0 fully saturated rings. The molecular weight excluding hydrogens is 646 g/mol. The van der Waals surface area contributed by atoms with Crippen LogP contribution in [-0.2, 0) is 16.1 Å². The number of carbonyl (C=O) groups is 1. The molecule has 1 aliphatic heterocycles. The first-order valence-corrected chi connectivity index (χ1v) is 12.3. The first-order chi connectivity index (χ1) is 17.2. The molecule has 3 aromatic rings. The summed E-state index contributed by atoms with van der Waals surface area (Å²) >= 11 is 20.3. The van der Waals surface area contributed by atoms with Crippen LogP contribution in [0.1, 0.15) is 16.7 Å². The maximum atomic E-state index is 12.4. The first kappa shape index (κ1) is 26.2. The van der Waals surface area contributed by atoms with Gasteiger partial charge in [-0.3, -0.25) is 10.1 Å². The zero-order valence-electron chi connectivity index (χ0n) is 18.3. The summed E-state index contributed by atoms with van der Waals surface area (Å²) in [6.07, 6.45) is 1.51. The number of rotatable bonds is 7. The van der Waals surface area contributed by atoms with Crippen molar-refractivity contribution < 1.29 is 23.9 Å². The standard InChI is InChI=1S/C24H14Cl3IN2O6/c1-34-21-9-13(7-19(28)22(21)35-11-12-2-4-17(26)18(27)6-12)8-20-24(31)36-23(29-20)15-10-14(30(32)33)3-5-16(15)25/h2-10H,11H2,1H3/b20-8-. The van der Waals surface area contributed by atoms with Gasteiger partial charge in [0.25, 0.3) is 5.69 Å². The summed E-state index contributed by atoms with van der Waals surface area (Å²) in [5, 5.41) is 12.1. The van der Waals surface area contributed by atoms with Crippen LogP contribution in [0.5, 0.6) is 11.5 Å². The van der Waals surface area contributed by atoms with E-state index in [-0.39, 0.29) is 34.5 Å². The maximum Gasteiger partial charge on any atom is 0.363 e. The van der Waals surface area contributed by atoms with Crippen molar-refractivity contribution in [3.05, 3.63) is 99.7 Å². The van der Waals surface area contributed by atoms with Gasteiger partial charge < -0.3 is 14.2 Å². The molecule has 0 N–H and O–H groups in total. The quantitative estimate of drug-likeness (QED) is 0.0883. The summed E-state index contributed by atoms with van der Waals surface area (Å²) in [5.74, 6) is 0.101. The van der Waals surface area contributed by atoms with E-state index in [1.807, 2.05) is 0 Å². The summed E-state index contributed by atoms with van der Waals surface area (Å²) in [6.45, 7) is 0.230. The molecule has 8 nitrogen and oxygen atoms in total. The van der Waals surface area contributed by atoms with Crippen molar-refractivity contribution in [2.75, 3.05) is 7.11 Å². The van der Waals surface area contributed by atoms with Crippen molar-refractivity contribution in [3.63, 3.8) is 0 Å². The van der Waals surface area contributed by atoms with Gasteiger partial charge >= 0.3 is 5.97 Å². The molecule has 0 bridgehead atoms. The number of nitro groups is 1. The summed E-state index contributed by atoms with van der Waals surface area (Å²) in [4.78, 5) is 27.2. The third-order valence-corrected chi connectivity index (χ3v) is 6.80. The molecule has 0 spiro atoms. The molecule has 36 heavy (non-hydrogen) atoms. The number of benzene rings is 3. The van der Waals surface area contributed by atoms with Gasteiger partial charge in [-0.2, -0.15) is 0 Å². The third-order valence-electron chi connectivity index (χ3n) is 4.93. The van der Waals surface area contributed by atoms with E-state index in [9.17, 15) is 14.9 Å². The largest absolute Gasteiger partial charge is 0.493 e. The number of hydrogen-bond donors (Lipinski definition) is 0. The van der Waals surface area contributed by atoms with Crippen molar-refractivity contribution in [2.45, 2.75) is 6.61 Å². The van der Waals surface area contributed by atoms with E-state index in [0.717, 1.165) is 9.13 Å². The summed E-state index contributed by atoms with van der Waals surface area (Å²) < 4.78 is 17.4. The van der Waals surface area contributed by atoms with Gasteiger partial charge in [-0.1, -0.05) is 40.9 Å². The number of nitrogens with zero attached hydrogens (tertiary/aromatic N) is 2. The predicted molar refractivity (Wildman–Crippen MR) is 145 cm³/mol. The molecule has 1 aliphatic rings. The van der Waals surface area contributed by atoms with Crippen LogP contribution < -0.4 is 9.47 Å². The Morgan fingerprint density at radius 2 is 1.83 bits per heavy atom. The van der Waals surface area contributed by atoms with E-state index in [1.54, 1.807) is 30.3 Å². The second-order valence-electron chi connectivity index (χ2n) is 7.33. The normalized spacial score (nSPS) is 14.0. The Labute approximate surface area is 233 Å². The van der Waals surface area contributed by atoms with Crippen LogP contribution in [0.4, 0.5) is 5.69 Å². The Morgan fingerprint density at radius 3 is 2.53 bits per heavy atom. The summed E-state index contributed by atoms with van der Waals surface area (Å²) in [5.41, 5.74) is 1.35. The molecule has 0 atom stereocenters. The van der Waals surface area contributed by atoms with Crippen LogP contribution in [0.2, 0.25) is 15.1 Å². The average molecular weight is 660 g/mol. The summed E-state index contributed by atoms with van der Waals surface area (Å²) in [6, 6.07) is 12.5.